The predicted octanol–water partition coefficient (Wildman–Crippen LogP) is 2.15. The molecule has 0 aliphatic heterocycles. The molecule has 0 rings (SSSR count). The highest BCUT2D eigenvalue weighted by atomic mass is 127. The molecule has 62 valence electrons. The van der Waals surface area contributed by atoms with Gasteiger partial charge in [-0.1, -0.05) is 67.8 Å². The van der Waals surface area contributed by atoms with Crippen molar-refractivity contribution in [2.75, 3.05) is 6.61 Å². The molecule has 0 aromatic carbocycles. The molecule has 0 aliphatic rings. The summed E-state index contributed by atoms with van der Waals surface area (Å²) in [7, 11) is 0. The Morgan fingerprint density at radius 2 is 2.00 bits per heavy atom. The van der Waals surface area contributed by atoms with Gasteiger partial charge in [0.2, 0.25) is 0 Å². The summed E-state index contributed by atoms with van der Waals surface area (Å²) < 4.78 is 24.1. The molecule has 1 unspecified atom stereocenters. The molecule has 0 bridgehead atoms. The summed E-state index contributed by atoms with van der Waals surface area (Å²) in [5, 5.41) is 0. The van der Waals surface area contributed by atoms with Crippen LogP contribution in [0.4, 0.5) is 0 Å². The van der Waals surface area contributed by atoms with Gasteiger partial charge in [-0.25, -0.2) is 4.21 Å². The third kappa shape index (κ3) is 10.3. The minimum absolute atomic E-state index is 0.0483. The summed E-state index contributed by atoms with van der Waals surface area (Å²) >= 11 is 4.29. The van der Waals surface area contributed by atoms with E-state index < -0.39 is 11.4 Å². The lowest BCUT2D eigenvalue weighted by Gasteiger charge is -2.12. The van der Waals surface area contributed by atoms with Crippen LogP contribution in [0.2, 0.25) is 0 Å². The van der Waals surface area contributed by atoms with Crippen LogP contribution >= 0.6 is 67.8 Å². The molecule has 0 aromatic rings. The zero-order valence-corrected chi connectivity index (χ0v) is 12.0. The van der Waals surface area contributed by atoms with Crippen LogP contribution < -0.4 is 0 Å². The summed E-state index contributed by atoms with van der Waals surface area (Å²) in [6.07, 6.45) is 0.711. The molecule has 0 fully saturated rings. The maximum absolute atomic E-state index is 9.86. The van der Waals surface area contributed by atoms with Gasteiger partial charge in [-0.15, -0.1) is 0 Å². The zero-order chi connectivity index (χ0) is 8.20. The van der Waals surface area contributed by atoms with E-state index >= 15 is 0 Å². The molecule has 10 heavy (non-hydrogen) atoms. The Morgan fingerprint density at radius 1 is 1.50 bits per heavy atom. The largest absolute Gasteiger partial charge is 0.750 e. The van der Waals surface area contributed by atoms with Gasteiger partial charge in [-0.2, -0.15) is 0 Å². The third-order valence-electron chi connectivity index (χ3n) is 0.565. The fourth-order valence-corrected chi connectivity index (χ4v) is 1.11. The molecule has 0 aromatic heterocycles. The lowest BCUT2D eigenvalue weighted by molar-refractivity contribution is 0.301. The molecule has 1 atom stereocenters. The van der Waals surface area contributed by atoms with Crippen molar-refractivity contribution in [3.8, 4) is 0 Å². The summed E-state index contributed by atoms with van der Waals surface area (Å²) in [6.45, 7) is 0.255. The Kier molecular flexibility index (Phi) is 7.15. The normalized spacial score (nSPS) is 15.2. The van der Waals surface area contributed by atoms with Gasteiger partial charge in [0.1, 0.15) is -0.565 Å². The molecular formula is C3H4I3O3S-. The van der Waals surface area contributed by atoms with Gasteiger partial charge < -0.3 is 8.74 Å². The van der Waals surface area contributed by atoms with Crippen molar-refractivity contribution in [1.82, 2.24) is 0 Å². The van der Waals surface area contributed by atoms with Crippen LogP contribution in [0.5, 0.6) is 0 Å². The number of rotatable bonds is 4. The van der Waals surface area contributed by atoms with Gasteiger partial charge in [0.15, 0.2) is 0 Å². The van der Waals surface area contributed by atoms with Gasteiger partial charge in [0, 0.05) is 6.42 Å². The van der Waals surface area contributed by atoms with Crippen molar-refractivity contribution in [1.29, 1.82) is 0 Å². The minimum Gasteiger partial charge on any atom is -0.750 e. The number of hydrogen-bond donors (Lipinski definition) is 0. The Morgan fingerprint density at radius 3 is 2.30 bits per heavy atom. The molecule has 0 amide bonds. The summed E-state index contributed by atoms with van der Waals surface area (Å²) in [4.78, 5) is 0. The zero-order valence-electron chi connectivity index (χ0n) is 4.68. The number of halogens is 3. The van der Waals surface area contributed by atoms with Crippen molar-refractivity contribution in [2.24, 2.45) is 0 Å². The Labute approximate surface area is 103 Å². The van der Waals surface area contributed by atoms with E-state index in [-0.39, 0.29) is 6.04 Å². The van der Waals surface area contributed by atoms with Crippen molar-refractivity contribution >= 4 is 79.1 Å². The van der Waals surface area contributed by atoms with Crippen LogP contribution in [0.1, 0.15) is 6.42 Å². The van der Waals surface area contributed by atoms with E-state index in [1.54, 1.807) is 0 Å². The average Bonchev–Trinajstić information content (AvgIpc) is 1.59. The number of alkyl halides is 3. The molecule has 7 heteroatoms. The smallest absolute Gasteiger partial charge is 0.126 e. The van der Waals surface area contributed by atoms with Crippen LogP contribution in [0, 0.1) is 0 Å². The van der Waals surface area contributed by atoms with Crippen molar-refractivity contribution in [3.05, 3.63) is 0 Å². The van der Waals surface area contributed by atoms with Gasteiger partial charge in [0.25, 0.3) is 0 Å². The van der Waals surface area contributed by atoms with E-state index in [4.69, 9.17) is 0 Å². The van der Waals surface area contributed by atoms with Crippen molar-refractivity contribution < 1.29 is 12.9 Å². The highest BCUT2D eigenvalue weighted by Gasteiger charge is 2.16. The van der Waals surface area contributed by atoms with E-state index in [0.29, 0.717) is 6.42 Å². The maximum Gasteiger partial charge on any atom is 0.126 e. The van der Waals surface area contributed by atoms with Gasteiger partial charge in [-0.3, -0.25) is 0 Å². The summed E-state index contributed by atoms with van der Waals surface area (Å²) in [6, 6.07) is 0. The molecule has 0 heterocycles. The Hall–Kier alpha value is 2.26. The first-order valence-corrected chi connectivity index (χ1v) is 6.45. The molecule has 0 radical (unpaired) electrons. The number of hydrogen-bond acceptors (Lipinski definition) is 3. The first-order chi connectivity index (χ1) is 4.42. The molecule has 0 N–H and O–H groups in total. The lowest BCUT2D eigenvalue weighted by atomic mass is 10.5. The molecule has 0 spiro atoms. The predicted molar refractivity (Wildman–Crippen MR) is 64.3 cm³/mol. The van der Waals surface area contributed by atoms with Crippen LogP contribution in [0.15, 0.2) is 0 Å². The second-order valence-electron chi connectivity index (χ2n) is 1.39. The Balaban J connectivity index is 3.29. The van der Waals surface area contributed by atoms with E-state index in [1.165, 1.54) is 0 Å². The van der Waals surface area contributed by atoms with Crippen LogP contribution in [0.3, 0.4) is 0 Å². The topological polar surface area (TPSA) is 49.4 Å². The summed E-state index contributed by atoms with van der Waals surface area (Å²) in [5.41, 5.74) is 0. The highest BCUT2D eigenvalue weighted by molar-refractivity contribution is 14.3. The summed E-state index contributed by atoms with van der Waals surface area (Å²) in [5.74, 6) is 0. The monoisotopic (exact) mass is 501 g/mol. The second kappa shape index (κ2) is 5.83. The molecule has 3 nitrogen and oxygen atoms in total. The molecule has 0 saturated carbocycles. The van der Waals surface area contributed by atoms with Gasteiger partial charge in [0.05, 0.1) is 18.0 Å². The second-order valence-corrected chi connectivity index (χ2v) is 13.8. The van der Waals surface area contributed by atoms with E-state index in [0.717, 1.165) is 0 Å². The van der Waals surface area contributed by atoms with E-state index in [9.17, 15) is 8.76 Å². The minimum atomic E-state index is -2.36. The quantitative estimate of drug-likeness (QED) is 0.338. The molecule has 0 aliphatic carbocycles. The van der Waals surface area contributed by atoms with Gasteiger partial charge >= 0.3 is 0 Å². The average molecular weight is 501 g/mol. The Bertz CT molecular complexity index is 123. The van der Waals surface area contributed by atoms with Crippen LogP contribution in [-0.2, 0) is 15.5 Å². The fourth-order valence-electron chi connectivity index (χ4n) is 0.225. The van der Waals surface area contributed by atoms with Crippen LogP contribution in [0.25, 0.3) is 0 Å². The van der Waals surface area contributed by atoms with Crippen molar-refractivity contribution in [2.45, 2.75) is 5.86 Å². The van der Waals surface area contributed by atoms with Crippen molar-refractivity contribution in [3.63, 3.8) is 0 Å². The molecule has 0 saturated heterocycles. The van der Waals surface area contributed by atoms with E-state index in [2.05, 4.69) is 72.0 Å². The standard InChI is InChI=1S/C3H5I3O3S/c4-3(5,6)1-2-9-10(7)8/h1-2H2,(H,7,8)/p-1. The molecular weight excluding hydrogens is 497 g/mol. The lowest BCUT2D eigenvalue weighted by Crippen LogP contribution is -2.06. The van der Waals surface area contributed by atoms with Crippen LogP contribution in [-0.4, -0.2) is 14.8 Å². The first-order valence-electron chi connectivity index (χ1n) is 2.21. The van der Waals surface area contributed by atoms with E-state index in [1.807, 2.05) is 0 Å². The fraction of sp³-hybridized carbons (Fsp3) is 1.00. The SMILES string of the molecule is O=S([O-])OCCC(I)(I)I. The highest BCUT2D eigenvalue weighted by Crippen LogP contribution is 2.38. The maximum atomic E-state index is 9.86. The first kappa shape index (κ1) is 12.3. The van der Waals surface area contributed by atoms with Gasteiger partial charge in [-0.05, 0) is 0 Å². The third-order valence-corrected chi connectivity index (χ3v) is 2.54.